The van der Waals surface area contributed by atoms with Crippen LogP contribution in [0.15, 0.2) is 18.3 Å². The Morgan fingerprint density at radius 1 is 1.38 bits per heavy atom. The zero-order chi connectivity index (χ0) is 17.1. The van der Waals surface area contributed by atoms with Crippen molar-refractivity contribution in [1.82, 2.24) is 9.88 Å². The minimum atomic E-state index is -1.59. The molecule has 1 aromatic heterocycles. The van der Waals surface area contributed by atoms with Crippen molar-refractivity contribution in [3.63, 3.8) is 0 Å². The highest BCUT2D eigenvalue weighted by Crippen LogP contribution is 2.27. The molecule has 0 amide bonds. The Morgan fingerprint density at radius 2 is 1.96 bits per heavy atom. The summed E-state index contributed by atoms with van der Waals surface area (Å²) in [6, 6.07) is 0.447. The van der Waals surface area contributed by atoms with Crippen molar-refractivity contribution < 1.29 is 22.7 Å². The summed E-state index contributed by atoms with van der Waals surface area (Å²) in [4.78, 5) is 18.2. The molecular formula is C14H15ClF3N3O2S. The zero-order valence-electron chi connectivity index (χ0n) is 12.8. The summed E-state index contributed by atoms with van der Waals surface area (Å²) in [7, 11) is 2.72. The second kappa shape index (κ2) is 8.32. The third-order valence-corrected chi connectivity index (χ3v) is 3.98. The lowest BCUT2D eigenvalue weighted by molar-refractivity contribution is -0.147. The van der Waals surface area contributed by atoms with E-state index in [4.69, 9.17) is 5.73 Å². The maximum atomic E-state index is 13.5. The van der Waals surface area contributed by atoms with Gasteiger partial charge in [0.25, 0.3) is 0 Å². The van der Waals surface area contributed by atoms with Crippen molar-refractivity contribution in [2.45, 2.75) is 12.6 Å². The summed E-state index contributed by atoms with van der Waals surface area (Å²) in [5.74, 6) is -5.06. The number of nitrogens with zero attached hydrogens (tertiary/aromatic N) is 2. The number of nitrogen functional groups attached to an aromatic ring is 1. The number of likely N-dealkylation sites (N-methyl/N-ethyl adjacent to an activating group) is 1. The number of carbonyl (C=O) groups excluding carboxylic acids is 1. The quantitative estimate of drug-likeness (QED) is 0.637. The number of thiazole rings is 1. The van der Waals surface area contributed by atoms with E-state index in [1.54, 1.807) is 7.05 Å². The second-order valence-corrected chi connectivity index (χ2v) is 5.95. The standard InChI is InChI=1S/C14H14F3N3O2S.ClH/c1-20(6-8-5-19-14(18)23-8)12(13(21)22-2)7-3-9(15)11(17)10(16)4-7;/h3-5,12H,6H2,1-2H3,(H2,18,19);1H. The normalized spacial score (nSPS) is 11.9. The van der Waals surface area contributed by atoms with E-state index < -0.39 is 29.5 Å². The molecule has 1 atom stereocenters. The predicted molar refractivity (Wildman–Crippen MR) is 86.3 cm³/mol. The Kier molecular flexibility index (Phi) is 7.00. The number of hydrogen-bond donors (Lipinski definition) is 1. The second-order valence-electron chi connectivity index (χ2n) is 4.80. The summed E-state index contributed by atoms with van der Waals surface area (Å²) in [6.45, 7) is 0.245. The maximum absolute atomic E-state index is 13.5. The molecule has 2 N–H and O–H groups in total. The van der Waals surface area contributed by atoms with Gasteiger partial charge in [0, 0.05) is 17.6 Å². The first-order valence-corrected chi connectivity index (χ1v) is 7.27. The van der Waals surface area contributed by atoms with Crippen LogP contribution in [0.3, 0.4) is 0 Å². The highest BCUT2D eigenvalue weighted by atomic mass is 35.5. The molecular weight excluding hydrogens is 367 g/mol. The lowest BCUT2D eigenvalue weighted by atomic mass is 10.0. The van der Waals surface area contributed by atoms with E-state index in [1.807, 2.05) is 0 Å². The first kappa shape index (κ1) is 20.2. The number of methoxy groups -OCH3 is 1. The molecule has 0 bridgehead atoms. The van der Waals surface area contributed by atoms with Gasteiger partial charge >= 0.3 is 5.97 Å². The Balaban J connectivity index is 0.00000288. The van der Waals surface area contributed by atoms with Crippen LogP contribution in [0, 0.1) is 17.5 Å². The summed E-state index contributed by atoms with van der Waals surface area (Å²) >= 11 is 1.22. The van der Waals surface area contributed by atoms with Crippen molar-refractivity contribution in [2.75, 3.05) is 19.9 Å². The van der Waals surface area contributed by atoms with E-state index in [2.05, 4.69) is 9.72 Å². The molecule has 0 saturated heterocycles. The highest BCUT2D eigenvalue weighted by molar-refractivity contribution is 7.15. The van der Waals surface area contributed by atoms with Crippen LogP contribution in [0.2, 0.25) is 0 Å². The predicted octanol–water partition coefficient (Wildman–Crippen LogP) is 2.91. The fraction of sp³-hybridized carbons (Fsp3) is 0.286. The first-order chi connectivity index (χ1) is 10.8. The molecule has 1 unspecified atom stereocenters. The van der Waals surface area contributed by atoms with Crippen LogP contribution in [0.4, 0.5) is 18.3 Å². The van der Waals surface area contributed by atoms with Crippen molar-refractivity contribution in [2.24, 2.45) is 0 Å². The van der Waals surface area contributed by atoms with E-state index >= 15 is 0 Å². The molecule has 24 heavy (non-hydrogen) atoms. The fourth-order valence-corrected chi connectivity index (χ4v) is 2.90. The highest BCUT2D eigenvalue weighted by Gasteiger charge is 2.28. The van der Waals surface area contributed by atoms with Crippen molar-refractivity contribution in [3.05, 3.63) is 46.2 Å². The zero-order valence-corrected chi connectivity index (χ0v) is 14.4. The van der Waals surface area contributed by atoms with E-state index in [9.17, 15) is 18.0 Å². The largest absolute Gasteiger partial charge is 0.468 e. The number of halogens is 4. The first-order valence-electron chi connectivity index (χ1n) is 6.46. The van der Waals surface area contributed by atoms with Crippen LogP contribution in [0.1, 0.15) is 16.5 Å². The summed E-state index contributed by atoms with van der Waals surface area (Å²) in [5, 5.41) is 0.363. The van der Waals surface area contributed by atoms with Crippen LogP contribution in [-0.4, -0.2) is 30.0 Å². The number of benzene rings is 1. The molecule has 0 saturated carbocycles. The third kappa shape index (κ3) is 4.37. The number of hydrogen-bond acceptors (Lipinski definition) is 6. The van der Waals surface area contributed by atoms with Gasteiger partial charge in [0.15, 0.2) is 22.6 Å². The van der Waals surface area contributed by atoms with Crippen LogP contribution in [0.25, 0.3) is 0 Å². The number of aromatic nitrogens is 1. The molecule has 1 aromatic carbocycles. The fourth-order valence-electron chi connectivity index (χ4n) is 2.15. The van der Waals surface area contributed by atoms with Gasteiger partial charge in [-0.2, -0.15) is 0 Å². The average molecular weight is 382 g/mol. The van der Waals surface area contributed by atoms with Crippen LogP contribution < -0.4 is 5.73 Å². The molecule has 10 heteroatoms. The summed E-state index contributed by atoms with van der Waals surface area (Å²) in [5.41, 5.74) is 5.49. The number of carbonyl (C=O) groups is 1. The maximum Gasteiger partial charge on any atom is 0.327 e. The lowest BCUT2D eigenvalue weighted by Gasteiger charge is -2.25. The number of rotatable bonds is 5. The van der Waals surface area contributed by atoms with Gasteiger partial charge in [0.05, 0.1) is 7.11 Å². The van der Waals surface area contributed by atoms with Gasteiger partial charge < -0.3 is 10.5 Å². The Bertz CT molecular complexity index is 706. The topological polar surface area (TPSA) is 68.5 Å². The minimum absolute atomic E-state index is 0. The number of nitrogens with two attached hydrogens (primary N) is 1. The molecule has 0 fully saturated rings. The van der Waals surface area contributed by atoms with Crippen molar-refractivity contribution in [1.29, 1.82) is 0 Å². The van der Waals surface area contributed by atoms with Crippen molar-refractivity contribution in [3.8, 4) is 0 Å². The van der Waals surface area contributed by atoms with E-state index in [1.165, 1.54) is 22.4 Å². The monoisotopic (exact) mass is 381 g/mol. The van der Waals surface area contributed by atoms with Gasteiger partial charge in [0.1, 0.15) is 6.04 Å². The smallest absolute Gasteiger partial charge is 0.327 e. The van der Waals surface area contributed by atoms with Crippen LogP contribution in [-0.2, 0) is 16.1 Å². The number of esters is 1. The molecule has 132 valence electrons. The Hall–Kier alpha value is -1.84. The van der Waals surface area contributed by atoms with Crippen LogP contribution >= 0.6 is 23.7 Å². The molecule has 5 nitrogen and oxygen atoms in total. The number of anilines is 1. The number of ether oxygens (including phenoxy) is 1. The average Bonchev–Trinajstić information content (AvgIpc) is 2.89. The van der Waals surface area contributed by atoms with Crippen molar-refractivity contribution >= 4 is 34.8 Å². The molecule has 0 aliphatic carbocycles. The van der Waals surface area contributed by atoms with E-state index in [-0.39, 0.29) is 24.5 Å². The van der Waals surface area contributed by atoms with Gasteiger partial charge in [-0.05, 0) is 24.7 Å². The SMILES string of the molecule is COC(=O)C(c1cc(F)c(F)c(F)c1)N(C)Cc1cnc(N)s1.Cl. The van der Waals surface area contributed by atoms with Crippen LogP contribution in [0.5, 0.6) is 0 Å². The molecule has 2 rings (SSSR count). The van der Waals surface area contributed by atoms with E-state index in [0.717, 1.165) is 24.1 Å². The van der Waals surface area contributed by atoms with Gasteiger partial charge in [-0.1, -0.05) is 0 Å². The Morgan fingerprint density at radius 3 is 2.42 bits per heavy atom. The molecule has 0 spiro atoms. The minimum Gasteiger partial charge on any atom is -0.468 e. The summed E-state index contributed by atoms with van der Waals surface area (Å²) in [6.07, 6.45) is 1.54. The molecule has 2 aromatic rings. The molecule has 0 aliphatic rings. The van der Waals surface area contributed by atoms with Gasteiger partial charge in [-0.25, -0.2) is 22.9 Å². The van der Waals surface area contributed by atoms with Gasteiger partial charge in [-0.3, -0.25) is 4.90 Å². The lowest BCUT2D eigenvalue weighted by Crippen LogP contribution is -2.31. The van der Waals surface area contributed by atoms with E-state index in [0.29, 0.717) is 5.13 Å². The molecule has 1 heterocycles. The molecule has 0 aliphatic heterocycles. The Labute approximate surface area is 146 Å². The molecule has 0 radical (unpaired) electrons. The van der Waals surface area contributed by atoms with Gasteiger partial charge in [-0.15, -0.1) is 23.7 Å². The third-order valence-electron chi connectivity index (χ3n) is 3.16. The van der Waals surface area contributed by atoms with Gasteiger partial charge in [0.2, 0.25) is 0 Å². The summed E-state index contributed by atoms with van der Waals surface area (Å²) < 4.78 is 44.7.